The molecular weight excluding hydrogens is 291 g/mol. The highest BCUT2D eigenvalue weighted by Gasteiger charge is 2.23. The average molecular weight is 309 g/mol. The fourth-order valence-electron chi connectivity index (χ4n) is 2.11. The van der Waals surface area contributed by atoms with Gasteiger partial charge in [0.1, 0.15) is 0 Å². The molecule has 0 fully saturated rings. The number of hydrogen-bond acceptors (Lipinski definition) is 0. The highest BCUT2D eigenvalue weighted by atomic mass is 35.7. The SMILES string of the molecule is CCCc1ccc(-c2ccc([Si](C)(Cl)Cl)cc2)cc1. The predicted octanol–water partition coefficient (Wildman–Crippen LogP) is 5.06. The molecule has 0 aliphatic rings. The second-order valence-electron chi connectivity index (χ2n) is 4.91. The van der Waals surface area contributed by atoms with Crippen LogP contribution in [0.5, 0.6) is 0 Å². The Morgan fingerprint density at radius 2 is 1.32 bits per heavy atom. The minimum absolute atomic E-state index is 1.06. The first-order chi connectivity index (χ1) is 9.00. The predicted molar refractivity (Wildman–Crippen MR) is 88.8 cm³/mol. The van der Waals surface area contributed by atoms with Gasteiger partial charge in [-0.25, -0.2) is 0 Å². The van der Waals surface area contributed by atoms with E-state index in [4.69, 9.17) is 22.2 Å². The van der Waals surface area contributed by atoms with Crippen molar-refractivity contribution >= 4 is 34.0 Å². The van der Waals surface area contributed by atoms with Crippen molar-refractivity contribution in [1.29, 1.82) is 0 Å². The smallest absolute Gasteiger partial charge is 0.140 e. The van der Waals surface area contributed by atoms with E-state index in [0.29, 0.717) is 0 Å². The molecule has 0 heterocycles. The van der Waals surface area contributed by atoms with Crippen molar-refractivity contribution in [3.05, 3.63) is 54.1 Å². The lowest BCUT2D eigenvalue weighted by molar-refractivity contribution is 0.922. The quantitative estimate of drug-likeness (QED) is 0.547. The first-order valence-corrected chi connectivity index (χ1v) is 11.1. The van der Waals surface area contributed by atoms with Crippen molar-refractivity contribution in [1.82, 2.24) is 0 Å². The van der Waals surface area contributed by atoms with E-state index in [1.54, 1.807) is 0 Å². The Balaban J connectivity index is 2.22. The zero-order chi connectivity index (χ0) is 13.9. The fourth-order valence-corrected chi connectivity index (χ4v) is 3.62. The van der Waals surface area contributed by atoms with Gasteiger partial charge in [-0.05, 0) is 34.8 Å². The van der Waals surface area contributed by atoms with E-state index in [1.165, 1.54) is 23.1 Å². The summed E-state index contributed by atoms with van der Waals surface area (Å²) in [7, 11) is 0. The lowest BCUT2D eigenvalue weighted by Gasteiger charge is -2.11. The van der Waals surface area contributed by atoms with Crippen LogP contribution < -0.4 is 5.19 Å². The summed E-state index contributed by atoms with van der Waals surface area (Å²) in [6, 6.07) is 17.0. The Morgan fingerprint density at radius 3 is 1.74 bits per heavy atom. The molecule has 0 spiro atoms. The Bertz CT molecular complexity index is 524. The number of aryl methyl sites for hydroxylation is 1. The van der Waals surface area contributed by atoms with Crippen LogP contribution in [-0.2, 0) is 6.42 Å². The van der Waals surface area contributed by atoms with Crippen LogP contribution in [-0.4, -0.2) is 6.69 Å². The summed E-state index contributed by atoms with van der Waals surface area (Å²) in [5, 5.41) is 1.06. The molecule has 0 aromatic heterocycles. The van der Waals surface area contributed by atoms with Gasteiger partial charge in [-0.15, -0.1) is 22.2 Å². The zero-order valence-corrected chi connectivity index (χ0v) is 13.8. The van der Waals surface area contributed by atoms with Gasteiger partial charge in [-0.1, -0.05) is 61.9 Å². The molecule has 0 atom stereocenters. The van der Waals surface area contributed by atoms with Gasteiger partial charge in [0.25, 0.3) is 6.69 Å². The van der Waals surface area contributed by atoms with Crippen LogP contribution in [0.1, 0.15) is 18.9 Å². The molecule has 2 aromatic carbocycles. The Labute approximate surface area is 125 Å². The highest BCUT2D eigenvalue weighted by molar-refractivity contribution is 7.50. The maximum atomic E-state index is 6.22. The monoisotopic (exact) mass is 308 g/mol. The molecule has 19 heavy (non-hydrogen) atoms. The molecule has 2 aromatic rings. The molecule has 0 bridgehead atoms. The van der Waals surface area contributed by atoms with Crippen molar-refractivity contribution in [3.8, 4) is 11.1 Å². The first-order valence-electron chi connectivity index (χ1n) is 6.58. The first kappa shape index (κ1) is 14.6. The normalized spacial score (nSPS) is 11.6. The van der Waals surface area contributed by atoms with Gasteiger partial charge in [0.05, 0.1) is 0 Å². The second-order valence-corrected chi connectivity index (χ2v) is 12.4. The van der Waals surface area contributed by atoms with E-state index in [-0.39, 0.29) is 0 Å². The van der Waals surface area contributed by atoms with Crippen molar-refractivity contribution in [2.75, 3.05) is 0 Å². The van der Waals surface area contributed by atoms with Gasteiger partial charge in [-0.3, -0.25) is 0 Å². The van der Waals surface area contributed by atoms with Crippen LogP contribution in [0.4, 0.5) is 0 Å². The Hall–Kier alpha value is -0.763. The summed E-state index contributed by atoms with van der Waals surface area (Å²) in [4.78, 5) is 0. The molecule has 3 heteroatoms. The van der Waals surface area contributed by atoms with Gasteiger partial charge < -0.3 is 0 Å². The maximum absolute atomic E-state index is 6.22. The van der Waals surface area contributed by atoms with E-state index in [9.17, 15) is 0 Å². The third kappa shape index (κ3) is 3.85. The van der Waals surface area contributed by atoms with E-state index < -0.39 is 6.69 Å². The van der Waals surface area contributed by atoms with Gasteiger partial charge in [0.2, 0.25) is 0 Å². The molecule has 2 rings (SSSR count). The van der Waals surface area contributed by atoms with Gasteiger partial charge in [0.15, 0.2) is 0 Å². The van der Waals surface area contributed by atoms with Gasteiger partial charge in [0, 0.05) is 0 Å². The largest absolute Gasteiger partial charge is 0.277 e. The van der Waals surface area contributed by atoms with E-state index in [0.717, 1.165) is 11.6 Å². The molecule has 0 N–H and O–H groups in total. The summed E-state index contributed by atoms with van der Waals surface area (Å²) in [5.41, 5.74) is 3.83. The maximum Gasteiger partial charge on any atom is 0.277 e. The summed E-state index contributed by atoms with van der Waals surface area (Å²) in [6.45, 7) is 1.89. The summed E-state index contributed by atoms with van der Waals surface area (Å²) < 4.78 is 0. The highest BCUT2D eigenvalue weighted by Crippen LogP contribution is 2.21. The summed E-state index contributed by atoms with van der Waals surface area (Å²) >= 11 is 12.4. The van der Waals surface area contributed by atoms with Crippen LogP contribution in [0, 0.1) is 0 Å². The van der Waals surface area contributed by atoms with E-state index in [1.807, 2.05) is 18.7 Å². The Morgan fingerprint density at radius 1 is 0.842 bits per heavy atom. The number of halogens is 2. The Kier molecular flexibility index (Phi) is 4.72. The summed E-state index contributed by atoms with van der Waals surface area (Å²) in [6.07, 6.45) is 2.32. The number of hydrogen-bond donors (Lipinski definition) is 0. The van der Waals surface area contributed by atoms with Crippen LogP contribution in [0.3, 0.4) is 0 Å². The lowest BCUT2D eigenvalue weighted by atomic mass is 10.0. The molecule has 0 saturated carbocycles. The van der Waals surface area contributed by atoms with Crippen LogP contribution in [0.15, 0.2) is 48.5 Å². The number of rotatable bonds is 4. The molecule has 0 radical (unpaired) electrons. The van der Waals surface area contributed by atoms with Crippen LogP contribution in [0.25, 0.3) is 11.1 Å². The standard InChI is InChI=1S/C16H18Cl2Si/c1-3-4-13-5-7-14(8-6-13)15-9-11-16(12-10-15)19(2,17)18/h5-12H,3-4H2,1-2H3. The zero-order valence-electron chi connectivity index (χ0n) is 11.3. The minimum Gasteiger partial charge on any atom is -0.140 e. The van der Waals surface area contributed by atoms with Crippen molar-refractivity contribution in [2.45, 2.75) is 26.3 Å². The molecule has 0 saturated heterocycles. The van der Waals surface area contributed by atoms with Crippen LogP contribution in [0.2, 0.25) is 6.55 Å². The molecule has 0 aliphatic heterocycles. The molecule has 0 amide bonds. The average Bonchev–Trinajstić information content (AvgIpc) is 2.39. The lowest BCUT2D eigenvalue weighted by Crippen LogP contribution is -2.32. The molecule has 0 aliphatic carbocycles. The van der Waals surface area contributed by atoms with Crippen LogP contribution >= 0.6 is 22.2 Å². The molecular formula is C16H18Cl2Si. The molecule has 0 nitrogen and oxygen atoms in total. The topological polar surface area (TPSA) is 0 Å². The fraction of sp³-hybridized carbons (Fsp3) is 0.250. The van der Waals surface area contributed by atoms with Crippen molar-refractivity contribution in [3.63, 3.8) is 0 Å². The molecule has 0 unspecified atom stereocenters. The number of benzene rings is 2. The van der Waals surface area contributed by atoms with E-state index in [2.05, 4.69) is 43.3 Å². The third-order valence-electron chi connectivity index (χ3n) is 3.22. The molecule has 100 valence electrons. The van der Waals surface area contributed by atoms with Crippen molar-refractivity contribution in [2.24, 2.45) is 0 Å². The van der Waals surface area contributed by atoms with Gasteiger partial charge in [-0.2, -0.15) is 0 Å². The second kappa shape index (κ2) is 6.13. The van der Waals surface area contributed by atoms with E-state index >= 15 is 0 Å². The summed E-state index contributed by atoms with van der Waals surface area (Å²) in [5.74, 6) is 0. The van der Waals surface area contributed by atoms with Crippen molar-refractivity contribution < 1.29 is 0 Å². The van der Waals surface area contributed by atoms with Gasteiger partial charge >= 0.3 is 0 Å². The minimum atomic E-state index is -2.23. The third-order valence-corrected chi connectivity index (χ3v) is 5.87.